The lowest BCUT2D eigenvalue weighted by molar-refractivity contribution is -0.0610. The topological polar surface area (TPSA) is 64.3 Å². The summed E-state index contributed by atoms with van der Waals surface area (Å²) >= 11 is -0.310. The number of sulfone groups is 1. The van der Waals surface area contributed by atoms with Gasteiger partial charge in [0.15, 0.2) is 9.84 Å². The van der Waals surface area contributed by atoms with Crippen molar-refractivity contribution in [2.45, 2.75) is 47.7 Å². The second kappa shape index (κ2) is 8.54. The zero-order valence-corrected chi connectivity index (χ0v) is 20.3. The number of alkyl halides is 6. The Bertz CT molecular complexity index is 1460. The van der Waals surface area contributed by atoms with Gasteiger partial charge in [0.1, 0.15) is 11.5 Å². The van der Waals surface area contributed by atoms with Crippen molar-refractivity contribution < 1.29 is 34.8 Å². The van der Waals surface area contributed by atoms with Crippen LogP contribution >= 0.6 is 11.8 Å². The molecule has 1 aliphatic heterocycles. The number of nitrogens with zero attached hydrogens (tertiary/aromatic N) is 3. The molecule has 188 valence electrons. The quantitative estimate of drug-likeness (QED) is 0.267. The number of aryl methyl sites for hydroxylation is 1. The molecule has 1 atom stereocenters. The normalized spacial score (nSPS) is 16.6. The molecule has 0 N–H and O–H groups in total. The lowest BCUT2D eigenvalue weighted by Gasteiger charge is -2.17. The van der Waals surface area contributed by atoms with Crippen molar-refractivity contribution in [3.8, 4) is 11.4 Å². The fourth-order valence-corrected chi connectivity index (χ4v) is 5.87. The largest absolute Gasteiger partial charge is 0.446 e. The minimum Gasteiger partial charge on any atom is -0.327 e. The Kier molecular flexibility index (Phi) is 6.23. The number of hydrogen-bond donors (Lipinski definition) is 0. The maximum atomic E-state index is 13.6. The first kappa shape index (κ1) is 25.5. The van der Waals surface area contributed by atoms with E-state index in [9.17, 15) is 34.8 Å². The SMILES string of the molecule is CCC1C(C(F)(F)F)=Nc2cc(-c3nc4cc(SC(F)(F)F)ccc4n3C)c(S(=O)(=O)CC)cc21. The zero-order chi connectivity index (χ0) is 25.9. The molecule has 0 saturated heterocycles. The van der Waals surface area contributed by atoms with Crippen LogP contribution in [0.4, 0.5) is 32.0 Å². The zero-order valence-electron chi connectivity index (χ0n) is 18.6. The predicted molar refractivity (Wildman–Crippen MR) is 122 cm³/mol. The number of aliphatic imine (C=N–C) groups is 1. The van der Waals surface area contributed by atoms with E-state index in [4.69, 9.17) is 0 Å². The molecule has 0 fully saturated rings. The van der Waals surface area contributed by atoms with Crippen LogP contribution in [0.1, 0.15) is 31.7 Å². The first-order valence-electron chi connectivity index (χ1n) is 10.4. The van der Waals surface area contributed by atoms with Crippen LogP contribution in [0.3, 0.4) is 0 Å². The minimum absolute atomic E-state index is 0.00500. The smallest absolute Gasteiger partial charge is 0.327 e. The number of benzene rings is 2. The highest BCUT2D eigenvalue weighted by Gasteiger charge is 2.45. The van der Waals surface area contributed by atoms with Gasteiger partial charge in [-0.05, 0) is 54.1 Å². The van der Waals surface area contributed by atoms with Gasteiger partial charge in [-0.2, -0.15) is 26.3 Å². The summed E-state index contributed by atoms with van der Waals surface area (Å²) in [6.45, 7) is 2.97. The third kappa shape index (κ3) is 4.67. The molecule has 1 aliphatic rings. The molecule has 0 saturated carbocycles. The number of rotatable bonds is 5. The van der Waals surface area contributed by atoms with E-state index in [1.807, 2.05) is 0 Å². The van der Waals surface area contributed by atoms with E-state index < -0.39 is 33.2 Å². The van der Waals surface area contributed by atoms with Crippen LogP contribution in [-0.4, -0.2) is 41.1 Å². The van der Waals surface area contributed by atoms with Crippen molar-refractivity contribution in [1.82, 2.24) is 9.55 Å². The molecule has 2 aromatic carbocycles. The summed E-state index contributed by atoms with van der Waals surface area (Å²) in [4.78, 5) is 7.84. The summed E-state index contributed by atoms with van der Waals surface area (Å²) in [6.07, 6.45) is -4.61. The van der Waals surface area contributed by atoms with Gasteiger partial charge in [-0.1, -0.05) is 13.8 Å². The molecule has 0 spiro atoms. The molecular formula is C22H19F6N3O2S2. The third-order valence-electron chi connectivity index (χ3n) is 5.82. The molecule has 1 aromatic heterocycles. The Labute approximate surface area is 201 Å². The fourth-order valence-electron chi connectivity index (χ4n) is 4.19. The van der Waals surface area contributed by atoms with Gasteiger partial charge in [0, 0.05) is 23.4 Å². The molecule has 13 heteroatoms. The summed E-state index contributed by atoms with van der Waals surface area (Å²) in [5, 5.41) is 0. The van der Waals surface area contributed by atoms with Crippen molar-refractivity contribution in [3.05, 3.63) is 35.9 Å². The van der Waals surface area contributed by atoms with Gasteiger partial charge < -0.3 is 4.57 Å². The van der Waals surface area contributed by atoms with Crippen LogP contribution in [-0.2, 0) is 16.9 Å². The van der Waals surface area contributed by atoms with Crippen molar-refractivity contribution in [1.29, 1.82) is 0 Å². The second-order valence-electron chi connectivity index (χ2n) is 7.96. The molecule has 3 aromatic rings. The summed E-state index contributed by atoms with van der Waals surface area (Å²) in [5.74, 6) is -1.32. The Morgan fingerprint density at radius 1 is 1.06 bits per heavy atom. The lowest BCUT2D eigenvalue weighted by Crippen LogP contribution is -2.26. The van der Waals surface area contributed by atoms with E-state index in [0.29, 0.717) is 5.52 Å². The number of fused-ring (bicyclic) bond motifs is 2. The van der Waals surface area contributed by atoms with Gasteiger partial charge in [0.25, 0.3) is 0 Å². The maximum Gasteiger partial charge on any atom is 0.446 e. The number of imidazole rings is 1. The molecular weight excluding hydrogens is 516 g/mol. The van der Waals surface area contributed by atoms with Gasteiger partial charge in [-0.25, -0.2) is 18.4 Å². The van der Waals surface area contributed by atoms with Gasteiger partial charge in [-0.3, -0.25) is 0 Å². The summed E-state index contributed by atoms with van der Waals surface area (Å²) in [7, 11) is -2.36. The van der Waals surface area contributed by atoms with Gasteiger partial charge in [0.2, 0.25) is 0 Å². The van der Waals surface area contributed by atoms with Crippen LogP contribution in [0.15, 0.2) is 45.1 Å². The van der Waals surface area contributed by atoms with Crippen molar-refractivity contribution in [2.24, 2.45) is 12.0 Å². The number of hydrogen-bond acceptors (Lipinski definition) is 5. The van der Waals surface area contributed by atoms with Crippen molar-refractivity contribution in [2.75, 3.05) is 5.75 Å². The van der Waals surface area contributed by atoms with Crippen molar-refractivity contribution in [3.63, 3.8) is 0 Å². The summed E-state index contributed by atoms with van der Waals surface area (Å²) < 4.78 is 107. The first-order chi connectivity index (χ1) is 16.2. The maximum absolute atomic E-state index is 13.6. The molecule has 0 radical (unpaired) electrons. The number of halogens is 6. The predicted octanol–water partition coefficient (Wildman–Crippen LogP) is 6.79. The molecule has 1 unspecified atom stereocenters. The average molecular weight is 536 g/mol. The van der Waals surface area contributed by atoms with Crippen LogP contribution in [0.2, 0.25) is 0 Å². The van der Waals surface area contributed by atoms with Crippen LogP contribution in [0, 0.1) is 0 Å². The van der Waals surface area contributed by atoms with Crippen LogP contribution < -0.4 is 0 Å². The van der Waals surface area contributed by atoms with Gasteiger partial charge in [-0.15, -0.1) is 0 Å². The fraction of sp³-hybridized carbons (Fsp3) is 0.364. The molecule has 5 nitrogen and oxygen atoms in total. The Hall–Kier alpha value is -2.54. The molecule has 2 heterocycles. The minimum atomic E-state index is -4.69. The highest BCUT2D eigenvalue weighted by atomic mass is 32.2. The molecule has 0 amide bonds. The summed E-state index contributed by atoms with van der Waals surface area (Å²) in [5.41, 5.74) is -4.69. The van der Waals surface area contributed by atoms with Gasteiger partial charge >= 0.3 is 11.7 Å². The molecule has 4 rings (SSSR count). The first-order valence-corrected chi connectivity index (χ1v) is 12.9. The Morgan fingerprint density at radius 2 is 1.74 bits per heavy atom. The highest BCUT2D eigenvalue weighted by Crippen LogP contribution is 2.46. The number of thioether (sulfide) groups is 1. The van der Waals surface area contributed by atoms with Gasteiger partial charge in [0.05, 0.1) is 27.4 Å². The van der Waals surface area contributed by atoms with Crippen LogP contribution in [0.5, 0.6) is 0 Å². The lowest BCUT2D eigenvalue weighted by atomic mass is 9.92. The molecule has 0 bridgehead atoms. The van der Waals surface area contributed by atoms with E-state index in [-0.39, 0.29) is 61.9 Å². The van der Waals surface area contributed by atoms with E-state index in [0.717, 1.165) is 0 Å². The average Bonchev–Trinajstić information content (AvgIpc) is 3.28. The standard InChI is InChI=1S/C22H19F6N3O2S2/c1-4-12-13-10-18(35(32,33)5-2)14(9-15(13)29-19(12)21(23,24)25)20-30-16-8-11(34-22(26,27)28)6-7-17(16)31(20)3/h6-10,12H,4-5H2,1-3H3. The highest BCUT2D eigenvalue weighted by molar-refractivity contribution is 8.00. The molecule has 0 aliphatic carbocycles. The van der Waals surface area contributed by atoms with E-state index in [2.05, 4.69) is 9.98 Å². The Balaban J connectivity index is 1.96. The second-order valence-corrected chi connectivity index (χ2v) is 11.3. The summed E-state index contributed by atoms with van der Waals surface area (Å²) in [6, 6.07) is 6.42. The van der Waals surface area contributed by atoms with Crippen LogP contribution in [0.25, 0.3) is 22.4 Å². The third-order valence-corrected chi connectivity index (χ3v) is 8.30. The monoisotopic (exact) mass is 535 g/mol. The van der Waals surface area contributed by atoms with E-state index in [1.165, 1.54) is 41.8 Å². The molecule has 35 heavy (non-hydrogen) atoms. The Morgan fingerprint density at radius 3 is 2.31 bits per heavy atom. The van der Waals surface area contributed by atoms with Crippen molar-refractivity contribution >= 4 is 44.0 Å². The number of aromatic nitrogens is 2. The van der Waals surface area contributed by atoms with E-state index in [1.54, 1.807) is 14.0 Å². The van der Waals surface area contributed by atoms with E-state index >= 15 is 0 Å².